The van der Waals surface area contributed by atoms with Crippen LogP contribution in [0.3, 0.4) is 0 Å². The van der Waals surface area contributed by atoms with Gasteiger partial charge >= 0.3 is 0 Å². The molecule has 1 aliphatic heterocycles. The monoisotopic (exact) mass is 327 g/mol. The smallest absolute Gasteiger partial charge is 0.228 e. The summed E-state index contributed by atoms with van der Waals surface area (Å²) in [5.41, 5.74) is 1.79. The van der Waals surface area contributed by atoms with Crippen molar-refractivity contribution >= 4 is 5.91 Å². The normalized spacial score (nSPS) is 17.0. The van der Waals surface area contributed by atoms with Crippen molar-refractivity contribution in [1.29, 1.82) is 0 Å². The van der Waals surface area contributed by atoms with Crippen molar-refractivity contribution in [2.75, 3.05) is 19.7 Å². The van der Waals surface area contributed by atoms with E-state index in [1.165, 1.54) is 0 Å². The second kappa shape index (κ2) is 7.18. The Balaban J connectivity index is 1.59. The number of aliphatic hydroxyl groups is 1. The Morgan fingerprint density at radius 1 is 1.21 bits per heavy atom. The number of piperidine rings is 1. The summed E-state index contributed by atoms with van der Waals surface area (Å²) in [6, 6.07) is 11.8. The Morgan fingerprint density at radius 2 is 1.92 bits per heavy atom. The fourth-order valence-corrected chi connectivity index (χ4v) is 3.30. The van der Waals surface area contributed by atoms with E-state index in [2.05, 4.69) is 12.0 Å². The number of hydrogen-bond acceptors (Lipinski definition) is 3. The van der Waals surface area contributed by atoms with Crippen molar-refractivity contribution in [3.05, 3.63) is 48.3 Å². The van der Waals surface area contributed by atoms with E-state index in [0.29, 0.717) is 6.42 Å². The SMILES string of the molecule is CCC1(CO)CCN(C(=O)Cc2ccn(-c3ccccc3)n2)CC1. The van der Waals surface area contributed by atoms with E-state index in [-0.39, 0.29) is 17.9 Å². The lowest BCUT2D eigenvalue weighted by molar-refractivity contribution is -0.133. The Hall–Kier alpha value is -2.14. The summed E-state index contributed by atoms with van der Waals surface area (Å²) >= 11 is 0. The number of aromatic nitrogens is 2. The van der Waals surface area contributed by atoms with E-state index in [1.807, 2.05) is 47.5 Å². The number of rotatable bonds is 5. The van der Waals surface area contributed by atoms with Crippen LogP contribution in [-0.2, 0) is 11.2 Å². The maximum Gasteiger partial charge on any atom is 0.228 e. The molecule has 1 saturated heterocycles. The Labute approximate surface area is 142 Å². The highest BCUT2D eigenvalue weighted by atomic mass is 16.3. The molecule has 0 radical (unpaired) electrons. The number of carbonyl (C=O) groups is 1. The van der Waals surface area contributed by atoms with Gasteiger partial charge in [0, 0.05) is 25.9 Å². The summed E-state index contributed by atoms with van der Waals surface area (Å²) in [5.74, 6) is 0.121. The van der Waals surface area contributed by atoms with Gasteiger partial charge in [0.2, 0.25) is 5.91 Å². The van der Waals surface area contributed by atoms with Crippen LogP contribution in [0, 0.1) is 5.41 Å². The quantitative estimate of drug-likeness (QED) is 0.917. The number of benzene rings is 1. The molecule has 1 aromatic heterocycles. The molecular weight excluding hydrogens is 302 g/mol. The van der Waals surface area contributed by atoms with E-state index >= 15 is 0 Å². The average molecular weight is 327 g/mol. The molecule has 1 N–H and O–H groups in total. The molecular formula is C19H25N3O2. The Kier molecular flexibility index (Phi) is 5.00. The molecule has 5 heteroatoms. The van der Waals surface area contributed by atoms with Gasteiger partial charge in [0.1, 0.15) is 0 Å². The molecule has 1 fully saturated rings. The van der Waals surface area contributed by atoms with Crippen LogP contribution in [0.1, 0.15) is 31.9 Å². The maximum atomic E-state index is 12.5. The second-order valence-electron chi connectivity index (χ2n) is 6.66. The van der Waals surface area contributed by atoms with Crippen molar-refractivity contribution < 1.29 is 9.90 Å². The zero-order valence-corrected chi connectivity index (χ0v) is 14.2. The van der Waals surface area contributed by atoms with Gasteiger partial charge in [-0.15, -0.1) is 0 Å². The first-order valence-corrected chi connectivity index (χ1v) is 8.64. The molecule has 3 rings (SSSR count). The first kappa shape index (κ1) is 16.7. The van der Waals surface area contributed by atoms with E-state index in [9.17, 15) is 9.90 Å². The highest BCUT2D eigenvalue weighted by molar-refractivity contribution is 5.78. The van der Waals surface area contributed by atoms with Gasteiger partial charge in [0.05, 0.1) is 17.8 Å². The minimum Gasteiger partial charge on any atom is -0.396 e. The number of nitrogens with zero attached hydrogens (tertiary/aromatic N) is 3. The molecule has 5 nitrogen and oxygen atoms in total. The molecule has 0 saturated carbocycles. The van der Waals surface area contributed by atoms with Crippen molar-refractivity contribution in [3.8, 4) is 5.69 Å². The molecule has 0 spiro atoms. The molecule has 2 aromatic rings. The lowest BCUT2D eigenvalue weighted by Gasteiger charge is -2.40. The van der Waals surface area contributed by atoms with E-state index < -0.39 is 0 Å². The second-order valence-corrected chi connectivity index (χ2v) is 6.66. The van der Waals surface area contributed by atoms with Gasteiger partial charge in [-0.3, -0.25) is 4.79 Å². The number of carbonyl (C=O) groups excluding carboxylic acids is 1. The number of para-hydroxylation sites is 1. The first-order valence-electron chi connectivity index (χ1n) is 8.64. The predicted octanol–water partition coefficient (Wildman–Crippen LogP) is 2.43. The summed E-state index contributed by atoms with van der Waals surface area (Å²) in [6.45, 7) is 3.79. The van der Waals surface area contributed by atoms with E-state index in [0.717, 1.165) is 43.7 Å². The van der Waals surface area contributed by atoms with Crippen LogP contribution < -0.4 is 0 Å². The van der Waals surface area contributed by atoms with Gasteiger partial charge in [0.15, 0.2) is 0 Å². The number of aliphatic hydroxyl groups excluding tert-OH is 1. The summed E-state index contributed by atoms with van der Waals surface area (Å²) in [6.07, 6.45) is 4.95. The molecule has 0 bridgehead atoms. The van der Waals surface area contributed by atoms with E-state index in [1.54, 1.807) is 4.68 Å². The molecule has 0 unspecified atom stereocenters. The average Bonchev–Trinajstić information content (AvgIpc) is 3.11. The minimum atomic E-state index is 0.00562. The van der Waals surface area contributed by atoms with Gasteiger partial charge < -0.3 is 10.0 Å². The number of amides is 1. The maximum absolute atomic E-state index is 12.5. The summed E-state index contributed by atoms with van der Waals surface area (Å²) in [5, 5.41) is 14.1. The minimum absolute atomic E-state index is 0.00562. The fourth-order valence-electron chi connectivity index (χ4n) is 3.30. The van der Waals surface area contributed by atoms with Crippen LogP contribution in [0.25, 0.3) is 5.69 Å². The molecule has 1 aromatic carbocycles. The number of likely N-dealkylation sites (tertiary alicyclic amines) is 1. The molecule has 0 atom stereocenters. The fraction of sp³-hybridized carbons (Fsp3) is 0.474. The largest absolute Gasteiger partial charge is 0.396 e. The number of hydrogen-bond donors (Lipinski definition) is 1. The first-order chi connectivity index (χ1) is 11.7. The summed E-state index contributed by atoms with van der Waals surface area (Å²) < 4.78 is 1.80. The molecule has 24 heavy (non-hydrogen) atoms. The lowest BCUT2D eigenvalue weighted by atomic mass is 9.77. The predicted molar refractivity (Wildman–Crippen MR) is 92.9 cm³/mol. The molecule has 1 aliphatic rings. The third-order valence-corrected chi connectivity index (χ3v) is 5.26. The standard InChI is InChI=1S/C19H25N3O2/c1-2-19(15-23)9-12-21(13-10-19)18(24)14-16-8-11-22(20-16)17-6-4-3-5-7-17/h3-8,11,23H,2,9-10,12-15H2,1H3. The van der Waals surface area contributed by atoms with Crippen molar-refractivity contribution in [2.24, 2.45) is 5.41 Å². The third-order valence-electron chi connectivity index (χ3n) is 5.26. The zero-order chi connectivity index (χ0) is 17.0. The highest BCUT2D eigenvalue weighted by Gasteiger charge is 2.33. The lowest BCUT2D eigenvalue weighted by Crippen LogP contribution is -2.45. The van der Waals surface area contributed by atoms with Gasteiger partial charge in [0.25, 0.3) is 0 Å². The van der Waals surface area contributed by atoms with Crippen LogP contribution in [0.2, 0.25) is 0 Å². The Morgan fingerprint density at radius 3 is 2.54 bits per heavy atom. The van der Waals surface area contributed by atoms with Crippen molar-refractivity contribution in [3.63, 3.8) is 0 Å². The molecule has 2 heterocycles. The highest BCUT2D eigenvalue weighted by Crippen LogP contribution is 2.34. The van der Waals surface area contributed by atoms with Gasteiger partial charge in [-0.05, 0) is 42.9 Å². The van der Waals surface area contributed by atoms with Crippen LogP contribution in [-0.4, -0.2) is 45.4 Å². The van der Waals surface area contributed by atoms with Crippen LogP contribution in [0.5, 0.6) is 0 Å². The van der Waals surface area contributed by atoms with Gasteiger partial charge in [-0.25, -0.2) is 4.68 Å². The van der Waals surface area contributed by atoms with Crippen LogP contribution in [0.4, 0.5) is 0 Å². The molecule has 0 aliphatic carbocycles. The topological polar surface area (TPSA) is 58.4 Å². The van der Waals surface area contributed by atoms with E-state index in [4.69, 9.17) is 0 Å². The zero-order valence-electron chi connectivity index (χ0n) is 14.2. The van der Waals surface area contributed by atoms with Gasteiger partial charge in [-0.2, -0.15) is 5.10 Å². The van der Waals surface area contributed by atoms with Crippen molar-refractivity contribution in [2.45, 2.75) is 32.6 Å². The van der Waals surface area contributed by atoms with Gasteiger partial charge in [-0.1, -0.05) is 25.1 Å². The third kappa shape index (κ3) is 3.51. The Bertz CT molecular complexity index is 667. The van der Waals surface area contributed by atoms with Crippen LogP contribution in [0.15, 0.2) is 42.6 Å². The van der Waals surface area contributed by atoms with Crippen LogP contribution >= 0.6 is 0 Å². The summed E-state index contributed by atoms with van der Waals surface area (Å²) in [7, 11) is 0. The molecule has 1 amide bonds. The van der Waals surface area contributed by atoms with Crippen molar-refractivity contribution in [1.82, 2.24) is 14.7 Å². The molecule has 128 valence electrons. The summed E-state index contributed by atoms with van der Waals surface area (Å²) in [4.78, 5) is 14.4.